The third-order valence-corrected chi connectivity index (χ3v) is 4.92. The van der Waals surface area contributed by atoms with Gasteiger partial charge in [0.1, 0.15) is 11.6 Å². The fraction of sp³-hybridized carbons (Fsp3) is 0.364. The second-order valence-electron chi connectivity index (χ2n) is 6.91. The van der Waals surface area contributed by atoms with Crippen LogP contribution in [0.2, 0.25) is 0 Å². The molecule has 0 aliphatic carbocycles. The molecule has 1 amide bonds. The second kappa shape index (κ2) is 9.35. The Morgan fingerprint density at radius 1 is 1.04 bits per heavy atom. The molecule has 28 heavy (non-hydrogen) atoms. The largest absolute Gasteiger partial charge is 0.497 e. The molecule has 1 fully saturated rings. The van der Waals surface area contributed by atoms with Crippen LogP contribution in [0.4, 0.5) is 15.8 Å². The van der Waals surface area contributed by atoms with Gasteiger partial charge in [-0.15, -0.1) is 0 Å². The number of nitrogens with one attached hydrogen (secondary N) is 1. The summed E-state index contributed by atoms with van der Waals surface area (Å²) < 4.78 is 18.8. The zero-order valence-corrected chi connectivity index (χ0v) is 16.0. The molecule has 1 heterocycles. The summed E-state index contributed by atoms with van der Waals surface area (Å²) in [6.07, 6.45) is 3.49. The average molecular weight is 384 g/mol. The smallest absolute Gasteiger partial charge is 0.224 e. The van der Waals surface area contributed by atoms with E-state index < -0.39 is 5.82 Å². The number of hydrogen-bond donors (Lipinski definition) is 1. The van der Waals surface area contributed by atoms with Crippen LogP contribution in [-0.2, 0) is 4.79 Å². The zero-order chi connectivity index (χ0) is 19.9. The lowest BCUT2D eigenvalue weighted by molar-refractivity contribution is -0.116. The van der Waals surface area contributed by atoms with E-state index in [0.29, 0.717) is 17.0 Å². The molecule has 0 spiro atoms. The Bertz CT molecular complexity index is 830. The quantitative estimate of drug-likeness (QED) is 0.718. The lowest BCUT2D eigenvalue weighted by Crippen LogP contribution is -2.30. The molecule has 0 radical (unpaired) electrons. The number of carbonyl (C=O) groups excluding carboxylic acids is 2. The highest BCUT2D eigenvalue weighted by Crippen LogP contribution is 2.29. The molecule has 148 valence electrons. The van der Waals surface area contributed by atoms with Crippen molar-refractivity contribution in [3.05, 3.63) is 53.8 Å². The Kier molecular flexibility index (Phi) is 6.63. The highest BCUT2D eigenvalue weighted by Gasteiger charge is 2.17. The molecule has 1 aliphatic rings. The van der Waals surface area contributed by atoms with Gasteiger partial charge in [-0.2, -0.15) is 0 Å². The Labute approximate surface area is 164 Å². The summed E-state index contributed by atoms with van der Waals surface area (Å²) in [6, 6.07) is 11.2. The fourth-order valence-electron chi connectivity index (χ4n) is 3.38. The molecule has 3 rings (SSSR count). The van der Waals surface area contributed by atoms with Crippen LogP contribution in [0.15, 0.2) is 42.5 Å². The first-order chi connectivity index (χ1) is 13.6. The number of rotatable bonds is 7. The standard InChI is InChI=1S/C22H25FN2O3/c1-28-18-8-5-16(6-9-18)21(26)11-12-22(27)24-19-15-17(23)7-10-20(19)25-13-3-2-4-14-25/h5-10,15H,2-4,11-14H2,1H3,(H,24,27). The average Bonchev–Trinajstić information content (AvgIpc) is 2.73. The number of hydrogen-bond acceptors (Lipinski definition) is 4. The minimum Gasteiger partial charge on any atom is -0.497 e. The van der Waals surface area contributed by atoms with Gasteiger partial charge >= 0.3 is 0 Å². The lowest BCUT2D eigenvalue weighted by Gasteiger charge is -2.30. The Morgan fingerprint density at radius 2 is 1.75 bits per heavy atom. The molecule has 6 heteroatoms. The number of ketones is 1. The van der Waals surface area contributed by atoms with Crippen LogP contribution in [0.3, 0.4) is 0 Å². The molecule has 1 saturated heterocycles. The highest BCUT2D eigenvalue weighted by atomic mass is 19.1. The van der Waals surface area contributed by atoms with Crippen molar-refractivity contribution in [2.24, 2.45) is 0 Å². The van der Waals surface area contributed by atoms with Crippen LogP contribution in [0.1, 0.15) is 42.5 Å². The van der Waals surface area contributed by atoms with Crippen LogP contribution in [0, 0.1) is 5.82 Å². The molecule has 5 nitrogen and oxygen atoms in total. The van der Waals surface area contributed by atoms with Crippen LogP contribution >= 0.6 is 0 Å². The molecule has 0 unspecified atom stereocenters. The second-order valence-corrected chi connectivity index (χ2v) is 6.91. The zero-order valence-electron chi connectivity index (χ0n) is 16.0. The number of Topliss-reactive ketones (excluding diaryl/α,β-unsaturated/α-hetero) is 1. The van der Waals surface area contributed by atoms with E-state index >= 15 is 0 Å². The number of benzene rings is 2. The van der Waals surface area contributed by atoms with E-state index in [2.05, 4.69) is 10.2 Å². The maximum absolute atomic E-state index is 13.7. The first-order valence-corrected chi connectivity index (χ1v) is 9.58. The molecule has 0 aromatic heterocycles. The summed E-state index contributed by atoms with van der Waals surface area (Å²) >= 11 is 0. The lowest BCUT2D eigenvalue weighted by atomic mass is 10.1. The van der Waals surface area contributed by atoms with E-state index in [0.717, 1.165) is 31.6 Å². The van der Waals surface area contributed by atoms with Crippen molar-refractivity contribution in [2.75, 3.05) is 30.4 Å². The fourth-order valence-corrected chi connectivity index (χ4v) is 3.38. The van der Waals surface area contributed by atoms with Crippen molar-refractivity contribution in [1.29, 1.82) is 0 Å². The van der Waals surface area contributed by atoms with Gasteiger partial charge in [0.25, 0.3) is 0 Å². The topological polar surface area (TPSA) is 58.6 Å². The number of halogens is 1. The van der Waals surface area contributed by atoms with Gasteiger partial charge in [-0.25, -0.2) is 4.39 Å². The van der Waals surface area contributed by atoms with Crippen molar-refractivity contribution >= 4 is 23.1 Å². The summed E-state index contributed by atoms with van der Waals surface area (Å²) in [6.45, 7) is 1.79. The molecule has 0 bridgehead atoms. The first-order valence-electron chi connectivity index (χ1n) is 9.58. The summed E-state index contributed by atoms with van der Waals surface area (Å²) in [5.74, 6) is -0.143. The van der Waals surface area contributed by atoms with E-state index in [-0.39, 0.29) is 24.5 Å². The number of nitrogens with zero attached hydrogens (tertiary/aromatic N) is 1. The summed E-state index contributed by atoms with van der Waals surface area (Å²) in [5.41, 5.74) is 1.83. The van der Waals surface area contributed by atoms with Crippen molar-refractivity contribution in [3.8, 4) is 5.75 Å². The third-order valence-electron chi connectivity index (χ3n) is 4.92. The van der Waals surface area contributed by atoms with Crippen LogP contribution in [0.5, 0.6) is 5.75 Å². The number of carbonyl (C=O) groups is 2. The molecule has 2 aromatic carbocycles. The van der Waals surface area contributed by atoms with Gasteiger partial charge in [0.2, 0.25) is 5.91 Å². The van der Waals surface area contributed by atoms with Crippen molar-refractivity contribution in [1.82, 2.24) is 0 Å². The molecular weight excluding hydrogens is 359 g/mol. The van der Waals surface area contributed by atoms with E-state index in [1.54, 1.807) is 37.4 Å². The highest BCUT2D eigenvalue weighted by molar-refractivity contribution is 6.01. The summed E-state index contributed by atoms with van der Waals surface area (Å²) in [7, 11) is 1.56. The van der Waals surface area contributed by atoms with Gasteiger partial charge in [0, 0.05) is 31.5 Å². The Hall–Kier alpha value is -2.89. The van der Waals surface area contributed by atoms with Gasteiger partial charge in [0.15, 0.2) is 5.78 Å². The first kappa shape index (κ1) is 19.9. The van der Waals surface area contributed by atoms with Crippen LogP contribution in [0.25, 0.3) is 0 Å². The van der Waals surface area contributed by atoms with Crippen molar-refractivity contribution < 1.29 is 18.7 Å². The van der Waals surface area contributed by atoms with Gasteiger partial charge < -0.3 is 15.0 Å². The maximum Gasteiger partial charge on any atom is 0.224 e. The third kappa shape index (κ3) is 5.09. The molecule has 0 atom stereocenters. The van der Waals surface area contributed by atoms with E-state index in [1.165, 1.54) is 18.6 Å². The van der Waals surface area contributed by atoms with E-state index in [4.69, 9.17) is 4.74 Å². The minimum absolute atomic E-state index is 0.0425. The van der Waals surface area contributed by atoms with E-state index in [9.17, 15) is 14.0 Å². The van der Waals surface area contributed by atoms with Gasteiger partial charge in [-0.1, -0.05) is 0 Å². The molecular formula is C22H25FN2O3. The predicted molar refractivity (Wildman–Crippen MR) is 108 cm³/mol. The summed E-state index contributed by atoms with van der Waals surface area (Å²) in [5, 5.41) is 2.78. The maximum atomic E-state index is 13.7. The number of methoxy groups -OCH3 is 1. The monoisotopic (exact) mass is 384 g/mol. The van der Waals surface area contributed by atoms with Gasteiger partial charge in [-0.3, -0.25) is 9.59 Å². The number of piperidine rings is 1. The van der Waals surface area contributed by atoms with Gasteiger partial charge in [0.05, 0.1) is 18.5 Å². The number of ether oxygens (including phenoxy) is 1. The van der Waals surface area contributed by atoms with Crippen molar-refractivity contribution in [3.63, 3.8) is 0 Å². The normalized spacial score (nSPS) is 13.9. The van der Waals surface area contributed by atoms with E-state index in [1.807, 2.05) is 0 Å². The minimum atomic E-state index is -0.398. The SMILES string of the molecule is COc1ccc(C(=O)CCC(=O)Nc2cc(F)ccc2N2CCCCC2)cc1. The number of amides is 1. The molecule has 1 N–H and O–H groups in total. The Morgan fingerprint density at radius 3 is 2.43 bits per heavy atom. The number of anilines is 2. The van der Waals surface area contributed by atoms with Crippen LogP contribution < -0.4 is 15.0 Å². The predicted octanol–water partition coefficient (Wildman–Crippen LogP) is 4.43. The van der Waals surface area contributed by atoms with Gasteiger partial charge in [-0.05, 0) is 61.7 Å². The molecule has 0 saturated carbocycles. The molecule has 2 aromatic rings. The Balaban J connectivity index is 1.61. The van der Waals surface area contributed by atoms with Crippen LogP contribution in [-0.4, -0.2) is 31.9 Å². The van der Waals surface area contributed by atoms with Crippen molar-refractivity contribution in [2.45, 2.75) is 32.1 Å². The summed E-state index contributed by atoms with van der Waals surface area (Å²) in [4.78, 5) is 26.8. The molecule has 1 aliphatic heterocycles.